The molecular weight excluding hydrogens is 310 g/mol. The zero-order valence-corrected chi connectivity index (χ0v) is 13.4. The number of rotatable bonds is 4. The van der Waals surface area contributed by atoms with E-state index in [2.05, 4.69) is 10.3 Å². The minimum absolute atomic E-state index is 0.152. The number of hydrogen-bond acceptors (Lipinski definition) is 2. The summed E-state index contributed by atoms with van der Waals surface area (Å²) >= 11 is 5.93. The summed E-state index contributed by atoms with van der Waals surface area (Å²) in [6.45, 7) is 2.40. The van der Waals surface area contributed by atoms with Gasteiger partial charge in [-0.05, 0) is 30.7 Å². The average Bonchev–Trinajstić information content (AvgIpc) is 2.94. The second kappa shape index (κ2) is 6.67. The highest BCUT2D eigenvalue weighted by atomic mass is 35.5. The topological polar surface area (TPSA) is 46.4 Å². The Morgan fingerprint density at radius 2 is 2.09 bits per heavy atom. The van der Waals surface area contributed by atoms with Crippen molar-refractivity contribution < 1.29 is 4.79 Å². The maximum atomic E-state index is 11.9. The molecule has 0 aliphatic rings. The molecule has 0 spiro atoms. The maximum absolute atomic E-state index is 11.9. The van der Waals surface area contributed by atoms with Crippen LogP contribution in [0, 0.1) is 6.92 Å². The Labute approximate surface area is 139 Å². The molecular formula is C18H16ClN3O. The van der Waals surface area contributed by atoms with Gasteiger partial charge in [0.25, 0.3) is 0 Å². The third-order valence-corrected chi connectivity index (χ3v) is 3.66. The number of imidazole rings is 1. The Morgan fingerprint density at radius 3 is 2.87 bits per heavy atom. The highest BCUT2D eigenvalue weighted by Crippen LogP contribution is 2.12. The zero-order chi connectivity index (χ0) is 16.2. The largest absolute Gasteiger partial charge is 0.347 e. The van der Waals surface area contributed by atoms with Crippen LogP contribution in [0.5, 0.6) is 0 Å². The van der Waals surface area contributed by atoms with Gasteiger partial charge in [0.05, 0.1) is 12.2 Å². The van der Waals surface area contributed by atoms with Gasteiger partial charge in [-0.15, -0.1) is 0 Å². The summed E-state index contributed by atoms with van der Waals surface area (Å²) in [5.41, 5.74) is 3.73. The van der Waals surface area contributed by atoms with Crippen molar-refractivity contribution in [3.05, 3.63) is 76.7 Å². The number of aryl methyl sites for hydroxylation is 1. The molecule has 0 atom stereocenters. The van der Waals surface area contributed by atoms with Gasteiger partial charge in [0.2, 0.25) is 5.91 Å². The van der Waals surface area contributed by atoms with Crippen molar-refractivity contribution >= 4 is 29.2 Å². The van der Waals surface area contributed by atoms with Crippen LogP contribution in [-0.2, 0) is 11.3 Å². The number of nitrogens with one attached hydrogen (secondary N) is 1. The number of fused-ring (bicyclic) bond motifs is 1. The molecule has 0 saturated carbocycles. The molecule has 2 aromatic heterocycles. The third-order valence-electron chi connectivity index (χ3n) is 3.42. The lowest BCUT2D eigenvalue weighted by molar-refractivity contribution is -0.116. The summed E-state index contributed by atoms with van der Waals surface area (Å²) in [4.78, 5) is 16.3. The molecule has 1 aromatic carbocycles. The van der Waals surface area contributed by atoms with Crippen LogP contribution in [0.1, 0.15) is 16.8 Å². The predicted molar refractivity (Wildman–Crippen MR) is 92.3 cm³/mol. The molecule has 0 aliphatic heterocycles. The van der Waals surface area contributed by atoms with Gasteiger partial charge in [0, 0.05) is 23.5 Å². The molecule has 0 unspecified atom stereocenters. The van der Waals surface area contributed by atoms with E-state index in [1.807, 2.05) is 48.0 Å². The van der Waals surface area contributed by atoms with Crippen LogP contribution in [0.2, 0.25) is 5.02 Å². The van der Waals surface area contributed by atoms with Crippen molar-refractivity contribution in [2.75, 3.05) is 0 Å². The first-order chi connectivity index (χ1) is 11.1. The molecule has 0 saturated heterocycles. The molecule has 0 fully saturated rings. The molecule has 1 N–H and O–H groups in total. The van der Waals surface area contributed by atoms with Gasteiger partial charge >= 0.3 is 0 Å². The van der Waals surface area contributed by atoms with Crippen LogP contribution in [0.15, 0.2) is 54.9 Å². The van der Waals surface area contributed by atoms with E-state index in [-0.39, 0.29) is 5.91 Å². The van der Waals surface area contributed by atoms with E-state index in [4.69, 9.17) is 11.6 Å². The Hall–Kier alpha value is -2.59. The van der Waals surface area contributed by atoms with E-state index in [1.54, 1.807) is 18.2 Å². The molecule has 0 radical (unpaired) electrons. The second-order valence-electron chi connectivity index (χ2n) is 5.30. The molecule has 1 amide bonds. The number of carbonyl (C=O) groups excluding carboxylic acids is 1. The van der Waals surface area contributed by atoms with Crippen molar-refractivity contribution in [2.24, 2.45) is 0 Å². The second-order valence-corrected chi connectivity index (χ2v) is 5.74. The number of carbonyl (C=O) groups is 1. The van der Waals surface area contributed by atoms with Gasteiger partial charge in [-0.1, -0.05) is 41.4 Å². The standard InChI is InChI=1S/C18H16ClN3O/c1-13-2-4-14(5-3-13)6-7-18(23)20-11-16-12-22-9-8-15(19)10-17(22)21-16/h2-10,12H,11H2,1H3,(H,20,23)/b7-6+. The molecule has 4 nitrogen and oxygen atoms in total. The van der Waals surface area contributed by atoms with Gasteiger partial charge in [-0.25, -0.2) is 4.98 Å². The highest BCUT2D eigenvalue weighted by Gasteiger charge is 2.03. The number of hydrogen-bond donors (Lipinski definition) is 1. The Bertz CT molecular complexity index is 866. The number of halogens is 1. The van der Waals surface area contributed by atoms with E-state index in [0.717, 1.165) is 16.9 Å². The van der Waals surface area contributed by atoms with Gasteiger partial charge in [-0.3, -0.25) is 4.79 Å². The fourth-order valence-electron chi connectivity index (χ4n) is 2.18. The van der Waals surface area contributed by atoms with Gasteiger partial charge in [-0.2, -0.15) is 0 Å². The average molecular weight is 326 g/mol. The van der Waals surface area contributed by atoms with Crippen molar-refractivity contribution in [1.82, 2.24) is 14.7 Å². The third kappa shape index (κ3) is 3.99. The lowest BCUT2D eigenvalue weighted by Crippen LogP contribution is -2.20. The van der Waals surface area contributed by atoms with E-state index in [9.17, 15) is 4.79 Å². The Balaban J connectivity index is 1.60. The normalized spacial score (nSPS) is 11.2. The smallest absolute Gasteiger partial charge is 0.244 e. The van der Waals surface area contributed by atoms with E-state index in [0.29, 0.717) is 11.6 Å². The number of amides is 1. The van der Waals surface area contributed by atoms with Crippen LogP contribution in [0.25, 0.3) is 11.7 Å². The van der Waals surface area contributed by atoms with Crippen molar-refractivity contribution in [3.8, 4) is 0 Å². The predicted octanol–water partition coefficient (Wildman–Crippen LogP) is 3.63. The first kappa shape index (κ1) is 15.3. The number of aromatic nitrogens is 2. The van der Waals surface area contributed by atoms with Crippen LogP contribution in [-0.4, -0.2) is 15.3 Å². The first-order valence-corrected chi connectivity index (χ1v) is 7.64. The van der Waals surface area contributed by atoms with Gasteiger partial charge < -0.3 is 9.72 Å². The minimum Gasteiger partial charge on any atom is -0.347 e. The van der Waals surface area contributed by atoms with Crippen molar-refractivity contribution in [1.29, 1.82) is 0 Å². The fraction of sp³-hybridized carbons (Fsp3) is 0.111. The quantitative estimate of drug-likeness (QED) is 0.745. The van der Waals surface area contributed by atoms with Crippen LogP contribution < -0.4 is 5.32 Å². The summed E-state index contributed by atoms with van der Waals surface area (Å²) in [6.07, 6.45) is 7.03. The fourth-order valence-corrected chi connectivity index (χ4v) is 2.33. The van der Waals surface area contributed by atoms with E-state index < -0.39 is 0 Å². The maximum Gasteiger partial charge on any atom is 0.244 e. The van der Waals surface area contributed by atoms with Gasteiger partial charge in [0.15, 0.2) is 0 Å². The molecule has 5 heteroatoms. The lowest BCUT2D eigenvalue weighted by Gasteiger charge is -1.98. The summed E-state index contributed by atoms with van der Waals surface area (Å²) in [7, 11) is 0. The molecule has 3 aromatic rings. The number of pyridine rings is 1. The summed E-state index contributed by atoms with van der Waals surface area (Å²) < 4.78 is 1.87. The van der Waals surface area contributed by atoms with E-state index in [1.165, 1.54) is 11.6 Å². The number of benzene rings is 1. The first-order valence-electron chi connectivity index (χ1n) is 7.26. The summed E-state index contributed by atoms with van der Waals surface area (Å²) in [5, 5.41) is 3.46. The highest BCUT2D eigenvalue weighted by molar-refractivity contribution is 6.30. The number of nitrogens with zero attached hydrogens (tertiary/aromatic N) is 2. The SMILES string of the molecule is Cc1ccc(/C=C/C(=O)NCc2cn3ccc(Cl)cc3n2)cc1. The molecule has 23 heavy (non-hydrogen) atoms. The Morgan fingerprint density at radius 1 is 1.30 bits per heavy atom. The van der Waals surface area contributed by atoms with Crippen LogP contribution >= 0.6 is 11.6 Å². The van der Waals surface area contributed by atoms with Crippen molar-refractivity contribution in [3.63, 3.8) is 0 Å². The lowest BCUT2D eigenvalue weighted by atomic mass is 10.1. The molecule has 2 heterocycles. The monoisotopic (exact) mass is 325 g/mol. The zero-order valence-electron chi connectivity index (χ0n) is 12.7. The molecule has 116 valence electrons. The Kier molecular flexibility index (Phi) is 4.44. The summed E-state index contributed by atoms with van der Waals surface area (Å²) in [6, 6.07) is 11.6. The van der Waals surface area contributed by atoms with Crippen LogP contribution in [0.4, 0.5) is 0 Å². The van der Waals surface area contributed by atoms with Crippen LogP contribution in [0.3, 0.4) is 0 Å². The molecule has 0 aliphatic carbocycles. The van der Waals surface area contributed by atoms with E-state index >= 15 is 0 Å². The summed E-state index contributed by atoms with van der Waals surface area (Å²) in [5.74, 6) is -0.152. The molecule has 3 rings (SSSR count). The molecule has 0 bridgehead atoms. The minimum atomic E-state index is -0.152. The van der Waals surface area contributed by atoms with Gasteiger partial charge in [0.1, 0.15) is 5.65 Å². The van der Waals surface area contributed by atoms with Crippen molar-refractivity contribution in [2.45, 2.75) is 13.5 Å².